The van der Waals surface area contributed by atoms with E-state index in [1.165, 1.54) is 37.5 Å². The van der Waals surface area contributed by atoms with Gasteiger partial charge in [0.15, 0.2) is 6.29 Å². The van der Waals surface area contributed by atoms with Gasteiger partial charge in [-0.15, -0.1) is 45.3 Å². The van der Waals surface area contributed by atoms with Crippen molar-refractivity contribution in [3.05, 3.63) is 231 Å². The van der Waals surface area contributed by atoms with E-state index in [1.807, 2.05) is 66.0 Å². The van der Waals surface area contributed by atoms with Gasteiger partial charge in [0.05, 0.1) is 23.7 Å². The Morgan fingerprint density at radius 2 is 0.845 bits per heavy atom. The van der Waals surface area contributed by atoms with Crippen LogP contribution in [0.25, 0.3) is 0 Å². The number of benzene rings is 4. The quantitative estimate of drug-likeness (QED) is 0.0390. The number of rotatable bonds is 22. The van der Waals surface area contributed by atoms with Crippen LogP contribution in [0.15, 0.2) is 165 Å². The Bertz CT molecular complexity index is 3400. The first-order chi connectivity index (χ1) is 45.0. The van der Waals surface area contributed by atoms with Crippen LogP contribution >= 0.6 is 125 Å². The van der Waals surface area contributed by atoms with Crippen LogP contribution in [0.3, 0.4) is 0 Å². The summed E-state index contributed by atoms with van der Waals surface area (Å²) in [7, 11) is -4.12. The van der Waals surface area contributed by atoms with Crippen molar-refractivity contribution in [2.24, 2.45) is 0 Å². The molecule has 8 aromatic rings. The molecule has 0 spiro atoms. The number of aliphatic hydroxyl groups is 2. The van der Waals surface area contributed by atoms with E-state index < -0.39 is 37.6 Å². The number of hydrogen-bond donors (Lipinski definition) is 2. The molecule has 0 saturated heterocycles. The summed E-state index contributed by atoms with van der Waals surface area (Å²) in [4.78, 5) is 25.8. The Labute approximate surface area is 665 Å². The zero-order chi connectivity index (χ0) is 72.0. The van der Waals surface area contributed by atoms with Crippen molar-refractivity contribution in [3.63, 3.8) is 0 Å². The fraction of sp³-hybridized carbons (Fsp3) is 0.434. The van der Waals surface area contributed by atoms with Gasteiger partial charge in [-0.1, -0.05) is 251 Å². The Balaban J connectivity index is -0.00000116. The number of carbonyl (C=O) groups is 2. The average Bonchev–Trinajstić information content (AvgIpc) is 1.76. The number of carbonyl (C=O) groups excluding carboxylic acids is 2. The van der Waals surface area contributed by atoms with Crippen LogP contribution in [0.2, 0.25) is 33.2 Å². The topological polar surface area (TPSA) is 127 Å². The van der Waals surface area contributed by atoms with E-state index in [9.17, 15) is 19.8 Å². The van der Waals surface area contributed by atoms with Gasteiger partial charge in [0.25, 0.3) is 0 Å². The number of hydrogen-bond acceptors (Lipinski definition) is 12. The van der Waals surface area contributed by atoms with E-state index in [0.29, 0.717) is 45.7 Å². The molecular formula is C76H108Br5LiMnO8S4Si2. The molecule has 0 aliphatic rings. The molecule has 0 radical (unpaired) electrons. The van der Waals surface area contributed by atoms with Crippen LogP contribution in [0.4, 0.5) is 0 Å². The van der Waals surface area contributed by atoms with Crippen LogP contribution in [-0.2, 0) is 50.8 Å². The first-order valence-corrected chi connectivity index (χ1v) is 44.3. The molecule has 8 nitrogen and oxygen atoms in total. The third-order valence-corrected chi connectivity index (χ3v) is 34.2. The van der Waals surface area contributed by atoms with Gasteiger partial charge >= 0.3 is 41.4 Å². The van der Waals surface area contributed by atoms with Crippen LogP contribution in [0.5, 0.6) is 0 Å². The first-order valence-electron chi connectivity index (χ1n) is 32.3. The summed E-state index contributed by atoms with van der Waals surface area (Å²) in [6.45, 7) is 40.1. The molecule has 3 unspecified atom stereocenters. The van der Waals surface area contributed by atoms with E-state index >= 15 is 0 Å². The average molecular weight is 1800 g/mol. The van der Waals surface area contributed by atoms with E-state index in [-0.39, 0.29) is 52.5 Å². The molecule has 3 atom stereocenters. The van der Waals surface area contributed by atoms with Crippen molar-refractivity contribution in [2.45, 2.75) is 216 Å². The van der Waals surface area contributed by atoms with E-state index in [0.717, 1.165) is 87.3 Å². The van der Waals surface area contributed by atoms with Gasteiger partial charge in [-0.3, -0.25) is 9.59 Å². The summed E-state index contributed by atoms with van der Waals surface area (Å²) < 4.78 is 42.5. The zero-order valence-corrected chi connectivity index (χ0v) is 72.8. The second-order valence-corrected chi connectivity index (χ2v) is 43.0. The molecule has 4 heterocycles. The monoisotopic (exact) mass is 1790 g/mol. The standard InChI is InChI=1S/C21H31BrO2SSi.C21H29BrO2SSi.C13H13BrOS.C7H5BrO.C6H7BrS.C4H9.C2H6.2CH4.Li.Mn.2O/c2*1-14(2)26(15(3)4,16(5)6)24-21(17-8-7-9-19(22)10-17)18-11-20(12-23)25-13-18;1-2-12-7-10(8-16-12)13(15)9-4-3-5-11(14)6-9;8-7-3-1-2-6(4-7)5-9;1-2-6-3-5(7)4-8-6;1-3-4-2;1-2;;;;;;/h7-11,13-16,21,23H,12H2,1-6H3;7-16,21H,1-6H3;3-8,13,15H,2H2,1H3;1-5H;3-4H,2H2,1H3;1,3-4H2,2H3;1-2H3;2*1H4;;;;/q;;;;;-1;;;;+1;;;/i;;;;;;1D;;;;;;. The molecule has 0 bridgehead atoms. The van der Waals surface area contributed by atoms with E-state index in [1.54, 1.807) is 53.1 Å². The summed E-state index contributed by atoms with van der Waals surface area (Å²) in [6.07, 6.45) is 5.44. The number of aryl methyl sites for hydroxylation is 2. The third-order valence-electron chi connectivity index (χ3n) is 15.4. The minimum absolute atomic E-state index is 0. The second-order valence-electron chi connectivity index (χ2n) is 23.5. The molecule has 0 amide bonds. The fourth-order valence-corrected chi connectivity index (χ4v) is 27.5. The van der Waals surface area contributed by atoms with Crippen LogP contribution in [-0.4, -0.2) is 39.4 Å². The van der Waals surface area contributed by atoms with Crippen LogP contribution in [0, 0.1) is 6.92 Å². The molecule has 0 saturated carbocycles. The number of aldehydes is 2. The van der Waals surface area contributed by atoms with Crippen molar-refractivity contribution in [1.82, 2.24) is 0 Å². The molecule has 535 valence electrons. The van der Waals surface area contributed by atoms with Gasteiger partial charge in [-0.25, -0.2) is 0 Å². The Hall–Kier alpha value is -1.59. The zero-order valence-electron chi connectivity index (χ0n) is 59.4. The number of aliphatic hydroxyl groups excluding tert-OH is 2. The number of halogens is 5. The van der Waals surface area contributed by atoms with Gasteiger partial charge in [0, 0.05) is 49.3 Å². The summed E-state index contributed by atoms with van der Waals surface area (Å²) >= 11 is 22.4. The van der Waals surface area contributed by atoms with Gasteiger partial charge in [-0.05, 0) is 184 Å². The van der Waals surface area contributed by atoms with Crippen molar-refractivity contribution in [3.8, 4) is 0 Å². The van der Waals surface area contributed by atoms with Gasteiger partial charge < -0.3 is 26.0 Å². The predicted molar refractivity (Wildman–Crippen MR) is 435 cm³/mol. The third kappa shape index (κ3) is 33.4. The maximum absolute atomic E-state index is 11.2. The molecule has 8 rings (SSSR count). The van der Waals surface area contributed by atoms with Crippen molar-refractivity contribution < 1.29 is 71.4 Å². The minimum atomic E-state index is -2.07. The molecule has 97 heavy (non-hydrogen) atoms. The number of thiophene rings is 4. The van der Waals surface area contributed by atoms with E-state index in [2.05, 4.69) is 255 Å². The first kappa shape index (κ1) is 97.5. The van der Waals surface area contributed by atoms with Crippen LogP contribution in [0.1, 0.15) is 233 Å². The second kappa shape index (κ2) is 54.1. The number of unbranched alkanes of at least 4 members (excludes halogenated alkanes) is 1. The summed E-state index contributed by atoms with van der Waals surface area (Å²) in [5, 5.41) is 28.1. The molecule has 21 heteroatoms. The summed E-state index contributed by atoms with van der Waals surface area (Å²) in [5.74, 6) is 0. The van der Waals surface area contributed by atoms with Crippen LogP contribution < -0.4 is 18.9 Å². The maximum atomic E-state index is 11.2. The molecule has 4 aromatic carbocycles. The molecule has 0 aliphatic heterocycles. The normalized spacial score (nSPS) is 11.7. The van der Waals surface area contributed by atoms with Crippen molar-refractivity contribution >= 4 is 154 Å². The van der Waals surface area contributed by atoms with Gasteiger partial charge in [0.1, 0.15) is 12.4 Å². The summed E-state index contributed by atoms with van der Waals surface area (Å²) in [5.41, 5.74) is 10.2. The molecule has 0 aliphatic carbocycles. The molecular weight excluding hydrogens is 1690 g/mol. The van der Waals surface area contributed by atoms with Gasteiger partial charge in [0.2, 0.25) is 16.6 Å². The fourth-order valence-electron chi connectivity index (χ4n) is 11.1. The predicted octanol–water partition coefficient (Wildman–Crippen LogP) is 25.1. The van der Waals surface area contributed by atoms with Gasteiger partial charge in [-0.2, -0.15) is 6.42 Å². The molecule has 4 aromatic heterocycles. The molecule has 2 N–H and O–H groups in total. The summed E-state index contributed by atoms with van der Waals surface area (Å²) in [6, 6.07) is 40.1. The van der Waals surface area contributed by atoms with Crippen molar-refractivity contribution in [2.75, 3.05) is 0 Å². The Morgan fingerprint density at radius 1 is 0.505 bits per heavy atom. The molecule has 0 fully saturated rings. The Kier molecular flexibility index (Phi) is 54.3. The Morgan fingerprint density at radius 3 is 1.14 bits per heavy atom. The SMILES string of the molecule is C.C.CC(C)[Si](OC(c1cccc(Br)c1)c1csc(C=O)c1)(C(C)C)C(C)C.CC(C)[Si](OC(c1cccc(Br)c1)c1csc(CO)c1)(C(C)C)C(C)C.CCc1cc(Br)cs1.CCc1cc(C(O)c2cccc(Br)c2)cs1.O=Cc1cccc(Br)c1.[2H]CC.[CH2-]CCC.[Li+].[O]=[Mn]=[O]. The van der Waals surface area contributed by atoms with E-state index in [4.69, 9.17) is 17.9 Å². The van der Waals surface area contributed by atoms with Crippen molar-refractivity contribution in [1.29, 1.82) is 0 Å².